The number of benzene rings is 1. The molecular formula is C18H25FO5. The van der Waals surface area contributed by atoms with E-state index >= 15 is 0 Å². The van der Waals surface area contributed by atoms with E-state index in [0.29, 0.717) is 12.8 Å². The van der Waals surface area contributed by atoms with Crippen LogP contribution in [0.1, 0.15) is 43.2 Å². The Morgan fingerprint density at radius 2 is 1.58 bits per heavy atom. The normalized spacial score (nSPS) is 15.9. The summed E-state index contributed by atoms with van der Waals surface area (Å²) in [5, 5.41) is 25.4. The molecule has 24 heavy (non-hydrogen) atoms. The highest BCUT2D eigenvalue weighted by Crippen LogP contribution is 2.31. The zero-order chi connectivity index (χ0) is 18.3. The number of hydrogen-bond donors (Lipinski definition) is 3. The first-order chi connectivity index (χ1) is 11.2. The van der Waals surface area contributed by atoms with E-state index in [1.165, 1.54) is 12.1 Å². The molecule has 1 aliphatic carbocycles. The van der Waals surface area contributed by atoms with Gasteiger partial charge in [-0.3, -0.25) is 9.59 Å². The van der Waals surface area contributed by atoms with Crippen LogP contribution in [-0.4, -0.2) is 46.7 Å². The van der Waals surface area contributed by atoms with Crippen LogP contribution >= 0.6 is 0 Å². The first-order valence-electron chi connectivity index (χ1n) is 7.86. The van der Waals surface area contributed by atoms with Gasteiger partial charge < -0.3 is 15.3 Å². The molecule has 0 radical (unpaired) electrons. The predicted molar refractivity (Wildman–Crippen MR) is 87.1 cm³/mol. The predicted octanol–water partition coefficient (Wildman–Crippen LogP) is 1.51. The Kier molecular flexibility index (Phi) is 7.66. The van der Waals surface area contributed by atoms with Crippen LogP contribution in [-0.2, 0) is 9.59 Å². The lowest BCUT2D eigenvalue weighted by atomic mass is 9.81. The Balaban J connectivity index is 0.000000307. The van der Waals surface area contributed by atoms with Crippen molar-refractivity contribution in [3.63, 3.8) is 0 Å². The number of halogens is 1. The molecule has 1 aromatic rings. The smallest absolute Gasteiger partial charge is 0.140 e. The number of aryl methyl sites for hydroxylation is 1. The summed E-state index contributed by atoms with van der Waals surface area (Å²) in [5.41, 5.74) is 1.02. The van der Waals surface area contributed by atoms with Gasteiger partial charge in [0.2, 0.25) is 0 Å². The molecule has 2 rings (SSSR count). The van der Waals surface area contributed by atoms with E-state index < -0.39 is 5.41 Å². The zero-order valence-electron chi connectivity index (χ0n) is 14.1. The highest BCUT2D eigenvalue weighted by atomic mass is 19.1. The van der Waals surface area contributed by atoms with E-state index in [1.807, 2.05) is 6.92 Å². The minimum absolute atomic E-state index is 0.00928. The molecule has 1 fully saturated rings. The third kappa shape index (κ3) is 5.78. The number of aliphatic hydroxyl groups is 3. The van der Waals surface area contributed by atoms with Crippen molar-refractivity contribution in [3.8, 4) is 0 Å². The van der Waals surface area contributed by atoms with E-state index in [1.54, 1.807) is 13.0 Å². The maximum Gasteiger partial charge on any atom is 0.140 e. The standard InChI is InChI=1S/C13H13FO2.C5H12O3/c1-8-4-10(14)2-3-13(8)9-5-11(15)7-12(16)6-9;1-5(2-6,3-7)4-8/h2-4,9H,5-7H2,1H3;6-8H,2-4H2,1H3. The van der Waals surface area contributed by atoms with Gasteiger partial charge in [0.15, 0.2) is 0 Å². The maximum atomic E-state index is 12.9. The van der Waals surface area contributed by atoms with Crippen molar-refractivity contribution in [2.75, 3.05) is 19.8 Å². The van der Waals surface area contributed by atoms with Crippen molar-refractivity contribution >= 4 is 11.6 Å². The molecule has 0 amide bonds. The Hall–Kier alpha value is -1.63. The molecule has 3 N–H and O–H groups in total. The van der Waals surface area contributed by atoms with Crippen LogP contribution in [0.25, 0.3) is 0 Å². The summed E-state index contributed by atoms with van der Waals surface area (Å²) in [6, 6.07) is 4.51. The van der Waals surface area contributed by atoms with Gasteiger partial charge in [-0.1, -0.05) is 13.0 Å². The minimum atomic E-state index is -0.708. The number of Topliss-reactive ketones (excluding diaryl/α,β-unsaturated/α-hetero) is 2. The molecule has 0 atom stereocenters. The SMILES string of the molecule is CC(CO)(CO)CO.Cc1cc(F)ccc1C1CC(=O)CC(=O)C1. The molecule has 0 aliphatic heterocycles. The first-order valence-corrected chi connectivity index (χ1v) is 7.86. The van der Waals surface area contributed by atoms with Gasteiger partial charge in [-0.15, -0.1) is 0 Å². The third-order valence-corrected chi connectivity index (χ3v) is 4.16. The largest absolute Gasteiger partial charge is 0.396 e. The van der Waals surface area contributed by atoms with E-state index in [2.05, 4.69) is 0 Å². The van der Waals surface area contributed by atoms with Crippen molar-refractivity contribution in [3.05, 3.63) is 35.1 Å². The fourth-order valence-electron chi connectivity index (χ4n) is 2.45. The van der Waals surface area contributed by atoms with Gasteiger partial charge in [-0.05, 0) is 36.1 Å². The number of carbonyl (C=O) groups excluding carboxylic acids is 2. The van der Waals surface area contributed by atoms with Gasteiger partial charge in [0.1, 0.15) is 17.4 Å². The lowest BCUT2D eigenvalue weighted by Gasteiger charge is -2.21. The topological polar surface area (TPSA) is 94.8 Å². The van der Waals surface area contributed by atoms with E-state index in [4.69, 9.17) is 15.3 Å². The van der Waals surface area contributed by atoms with Crippen LogP contribution in [0.4, 0.5) is 4.39 Å². The Morgan fingerprint density at radius 1 is 1.08 bits per heavy atom. The quantitative estimate of drug-likeness (QED) is 0.722. The van der Waals surface area contributed by atoms with Crippen molar-refractivity contribution in [1.29, 1.82) is 0 Å². The van der Waals surface area contributed by atoms with Crippen molar-refractivity contribution in [2.24, 2.45) is 5.41 Å². The van der Waals surface area contributed by atoms with Gasteiger partial charge in [-0.25, -0.2) is 4.39 Å². The number of hydrogen-bond acceptors (Lipinski definition) is 5. The van der Waals surface area contributed by atoms with Gasteiger partial charge in [0.05, 0.1) is 26.2 Å². The number of rotatable bonds is 4. The molecule has 0 bridgehead atoms. The Morgan fingerprint density at radius 3 is 1.96 bits per heavy atom. The molecule has 0 heterocycles. The Bertz CT molecular complexity index is 557. The summed E-state index contributed by atoms with van der Waals surface area (Å²) in [7, 11) is 0. The van der Waals surface area contributed by atoms with Crippen molar-refractivity contribution < 1.29 is 29.3 Å². The summed E-state index contributed by atoms with van der Waals surface area (Å²) in [4.78, 5) is 22.7. The summed E-state index contributed by atoms with van der Waals surface area (Å²) < 4.78 is 12.9. The fraction of sp³-hybridized carbons (Fsp3) is 0.556. The number of aliphatic hydroxyl groups excluding tert-OH is 3. The van der Waals surface area contributed by atoms with Crippen molar-refractivity contribution in [1.82, 2.24) is 0 Å². The summed E-state index contributed by atoms with van der Waals surface area (Å²) >= 11 is 0. The molecule has 1 saturated carbocycles. The Labute approximate surface area is 141 Å². The molecule has 1 aliphatic rings. The van der Waals surface area contributed by atoms with Crippen LogP contribution in [0.15, 0.2) is 18.2 Å². The molecule has 0 spiro atoms. The minimum Gasteiger partial charge on any atom is -0.396 e. The van der Waals surface area contributed by atoms with Crippen LogP contribution in [0.5, 0.6) is 0 Å². The third-order valence-electron chi connectivity index (χ3n) is 4.16. The highest BCUT2D eigenvalue weighted by molar-refractivity contribution is 6.02. The van der Waals surface area contributed by atoms with E-state index in [9.17, 15) is 14.0 Å². The second-order valence-corrected chi connectivity index (χ2v) is 6.65. The molecule has 5 nitrogen and oxygen atoms in total. The monoisotopic (exact) mass is 340 g/mol. The first kappa shape index (κ1) is 20.4. The zero-order valence-corrected chi connectivity index (χ0v) is 14.1. The average molecular weight is 340 g/mol. The fourth-order valence-corrected chi connectivity index (χ4v) is 2.45. The lowest BCUT2D eigenvalue weighted by Crippen LogP contribution is -2.29. The van der Waals surface area contributed by atoms with Gasteiger partial charge >= 0.3 is 0 Å². The van der Waals surface area contributed by atoms with Crippen LogP contribution < -0.4 is 0 Å². The van der Waals surface area contributed by atoms with Gasteiger partial charge in [-0.2, -0.15) is 0 Å². The average Bonchev–Trinajstić information content (AvgIpc) is 2.53. The lowest BCUT2D eigenvalue weighted by molar-refractivity contribution is -0.130. The maximum absolute atomic E-state index is 12.9. The molecule has 0 saturated heterocycles. The van der Waals surface area contributed by atoms with Crippen molar-refractivity contribution in [2.45, 2.75) is 39.0 Å². The van der Waals surface area contributed by atoms with Gasteiger partial charge in [0.25, 0.3) is 0 Å². The van der Waals surface area contributed by atoms with Crippen LogP contribution in [0.2, 0.25) is 0 Å². The van der Waals surface area contributed by atoms with Gasteiger partial charge in [0, 0.05) is 18.3 Å². The number of ketones is 2. The second-order valence-electron chi connectivity index (χ2n) is 6.65. The molecular weight excluding hydrogens is 315 g/mol. The summed E-state index contributed by atoms with van der Waals surface area (Å²) in [5.74, 6) is -0.362. The van der Waals surface area contributed by atoms with Crippen LogP contribution in [0, 0.1) is 18.2 Å². The summed E-state index contributed by atoms with van der Waals surface area (Å²) in [6.45, 7) is 2.87. The van der Waals surface area contributed by atoms with Crippen LogP contribution in [0.3, 0.4) is 0 Å². The second kappa shape index (κ2) is 9.01. The molecule has 0 aromatic heterocycles. The number of carbonyl (C=O) groups is 2. The molecule has 0 unspecified atom stereocenters. The molecule has 134 valence electrons. The molecule has 1 aromatic carbocycles. The van der Waals surface area contributed by atoms with E-state index in [-0.39, 0.29) is 49.5 Å². The van der Waals surface area contributed by atoms with E-state index in [0.717, 1.165) is 11.1 Å². The summed E-state index contributed by atoms with van der Waals surface area (Å²) in [6.07, 6.45) is 0.868. The highest BCUT2D eigenvalue weighted by Gasteiger charge is 2.27. The molecule has 6 heteroatoms.